The Kier molecular flexibility index (Phi) is 3.97. The highest BCUT2D eigenvalue weighted by molar-refractivity contribution is 5.94. The quantitative estimate of drug-likeness (QED) is 0.458. The Hall–Kier alpha value is -2.88. The molecule has 0 unspecified atom stereocenters. The fraction of sp³-hybridized carbons (Fsp3) is 0.429. The van der Waals surface area contributed by atoms with Crippen LogP contribution in [0.4, 0.5) is 11.4 Å². The standard InChI is InChI=1S/C14H12N2O8/c17-11-6-10-1-2-12(23-10)13(11)24-14(18)7-3-8(15(19)20)5-9(4-7)16(21)22/h3-5,10,12-13H,1-2,6H2/t10-,12+,13-/m0/s1. The number of nitrogens with zero attached hydrogens (tertiary/aromatic N) is 2. The summed E-state index contributed by atoms with van der Waals surface area (Å²) in [5.74, 6) is -1.31. The van der Waals surface area contributed by atoms with Gasteiger partial charge in [0.15, 0.2) is 11.9 Å². The minimum atomic E-state index is -1.09. The zero-order valence-electron chi connectivity index (χ0n) is 12.2. The number of non-ortho nitro benzene ring substituents is 2. The second-order valence-electron chi connectivity index (χ2n) is 5.62. The van der Waals surface area contributed by atoms with E-state index < -0.39 is 39.4 Å². The average Bonchev–Trinajstić information content (AvgIpc) is 2.93. The van der Waals surface area contributed by atoms with E-state index in [1.54, 1.807) is 0 Å². The Labute approximate surface area is 134 Å². The maximum absolute atomic E-state index is 12.2. The Bertz CT molecular complexity index is 714. The number of ketones is 1. The number of esters is 1. The van der Waals surface area contributed by atoms with Crippen molar-refractivity contribution >= 4 is 23.1 Å². The van der Waals surface area contributed by atoms with Gasteiger partial charge in [-0.25, -0.2) is 4.79 Å². The van der Waals surface area contributed by atoms with E-state index in [0.717, 1.165) is 18.2 Å². The number of nitro groups is 2. The van der Waals surface area contributed by atoms with Gasteiger partial charge in [0.05, 0.1) is 27.6 Å². The lowest BCUT2D eigenvalue weighted by Crippen LogP contribution is -2.43. The van der Waals surface area contributed by atoms with Gasteiger partial charge < -0.3 is 9.47 Å². The topological polar surface area (TPSA) is 139 Å². The third-order valence-electron chi connectivity index (χ3n) is 4.02. The number of Topliss-reactive ketones (excluding diaryl/α,β-unsaturated/α-hetero) is 1. The SMILES string of the molecule is O=C(O[C@H]1C(=O)C[C@@H]2CC[C@H]1O2)c1cc([N+](=O)[O-])cc([N+](=O)[O-])c1. The molecule has 0 N–H and O–H groups in total. The molecule has 1 aromatic carbocycles. The summed E-state index contributed by atoms with van der Waals surface area (Å²) in [5.41, 5.74) is -1.57. The molecule has 2 bridgehead atoms. The number of fused-ring (bicyclic) bond motifs is 2. The molecule has 3 atom stereocenters. The molecule has 0 amide bonds. The van der Waals surface area contributed by atoms with Crippen molar-refractivity contribution in [3.63, 3.8) is 0 Å². The molecule has 0 aromatic heterocycles. The lowest BCUT2D eigenvalue weighted by Gasteiger charge is -2.27. The summed E-state index contributed by atoms with van der Waals surface area (Å²) in [6.45, 7) is 0. The van der Waals surface area contributed by atoms with Crippen LogP contribution in [-0.2, 0) is 14.3 Å². The third kappa shape index (κ3) is 2.95. The Morgan fingerprint density at radius 1 is 1.12 bits per heavy atom. The van der Waals surface area contributed by atoms with Gasteiger partial charge in [0.25, 0.3) is 11.4 Å². The molecular weight excluding hydrogens is 324 g/mol. The van der Waals surface area contributed by atoms with Gasteiger partial charge >= 0.3 is 5.97 Å². The van der Waals surface area contributed by atoms with Crippen LogP contribution in [0, 0.1) is 20.2 Å². The number of ether oxygens (including phenoxy) is 2. The molecule has 24 heavy (non-hydrogen) atoms. The van der Waals surface area contributed by atoms with Crippen molar-refractivity contribution in [1.82, 2.24) is 0 Å². The van der Waals surface area contributed by atoms with Gasteiger partial charge in [-0.2, -0.15) is 0 Å². The number of hydrogen-bond acceptors (Lipinski definition) is 8. The van der Waals surface area contributed by atoms with E-state index in [2.05, 4.69) is 0 Å². The number of hydrogen-bond donors (Lipinski definition) is 0. The Balaban J connectivity index is 1.85. The first-order valence-corrected chi connectivity index (χ1v) is 7.18. The minimum Gasteiger partial charge on any atom is -0.448 e. The number of benzene rings is 1. The molecule has 2 aliphatic rings. The van der Waals surface area contributed by atoms with Crippen molar-refractivity contribution in [1.29, 1.82) is 0 Å². The molecule has 1 aromatic rings. The molecule has 10 nitrogen and oxygen atoms in total. The van der Waals surface area contributed by atoms with Gasteiger partial charge in [-0.15, -0.1) is 0 Å². The van der Waals surface area contributed by atoms with E-state index in [0.29, 0.717) is 12.8 Å². The first-order valence-electron chi connectivity index (χ1n) is 7.18. The maximum atomic E-state index is 12.2. The van der Waals surface area contributed by atoms with Crippen LogP contribution < -0.4 is 0 Å². The molecule has 2 fully saturated rings. The van der Waals surface area contributed by atoms with Gasteiger partial charge in [-0.05, 0) is 12.8 Å². The van der Waals surface area contributed by atoms with Crippen LogP contribution in [0.2, 0.25) is 0 Å². The average molecular weight is 336 g/mol. The predicted octanol–water partition coefficient (Wildman–Crippen LogP) is 1.55. The summed E-state index contributed by atoms with van der Waals surface area (Å²) >= 11 is 0. The molecule has 0 radical (unpaired) electrons. The summed E-state index contributed by atoms with van der Waals surface area (Å²) in [6, 6.07) is 2.50. The van der Waals surface area contributed by atoms with Crippen LogP contribution in [-0.4, -0.2) is 39.9 Å². The highest BCUT2D eigenvalue weighted by Crippen LogP contribution is 2.33. The molecule has 0 saturated carbocycles. The Morgan fingerprint density at radius 3 is 2.33 bits per heavy atom. The van der Waals surface area contributed by atoms with Crippen LogP contribution in [0.1, 0.15) is 29.6 Å². The molecule has 126 valence electrons. The smallest absolute Gasteiger partial charge is 0.339 e. The van der Waals surface area contributed by atoms with E-state index in [-0.39, 0.29) is 23.9 Å². The number of carbonyl (C=O) groups is 2. The van der Waals surface area contributed by atoms with Crippen molar-refractivity contribution < 1.29 is 28.9 Å². The largest absolute Gasteiger partial charge is 0.448 e. The van der Waals surface area contributed by atoms with Gasteiger partial charge in [0.1, 0.15) is 6.10 Å². The van der Waals surface area contributed by atoms with E-state index >= 15 is 0 Å². The maximum Gasteiger partial charge on any atom is 0.339 e. The minimum absolute atomic E-state index is 0.142. The zero-order valence-corrected chi connectivity index (χ0v) is 12.2. The first-order chi connectivity index (χ1) is 11.3. The van der Waals surface area contributed by atoms with Gasteiger partial charge in [-0.3, -0.25) is 25.0 Å². The van der Waals surface area contributed by atoms with Crippen LogP contribution >= 0.6 is 0 Å². The third-order valence-corrected chi connectivity index (χ3v) is 4.02. The molecule has 2 aliphatic heterocycles. The summed E-state index contributed by atoms with van der Waals surface area (Å²) < 4.78 is 10.7. The van der Waals surface area contributed by atoms with Crippen LogP contribution in [0.5, 0.6) is 0 Å². The second kappa shape index (κ2) is 5.96. The van der Waals surface area contributed by atoms with E-state index in [9.17, 15) is 29.8 Å². The lowest BCUT2D eigenvalue weighted by atomic mass is 10.1. The van der Waals surface area contributed by atoms with E-state index in [1.165, 1.54) is 0 Å². The van der Waals surface area contributed by atoms with Crippen LogP contribution in [0.3, 0.4) is 0 Å². The Morgan fingerprint density at radius 2 is 1.75 bits per heavy atom. The molecule has 2 saturated heterocycles. The van der Waals surface area contributed by atoms with Crippen molar-refractivity contribution in [2.24, 2.45) is 0 Å². The molecule has 0 spiro atoms. The summed E-state index contributed by atoms with van der Waals surface area (Å²) in [6.07, 6.45) is -0.362. The first kappa shape index (κ1) is 16.0. The van der Waals surface area contributed by atoms with E-state index in [1.807, 2.05) is 0 Å². The molecule has 3 rings (SSSR count). The van der Waals surface area contributed by atoms with Crippen LogP contribution in [0.15, 0.2) is 18.2 Å². The fourth-order valence-electron chi connectivity index (χ4n) is 2.90. The van der Waals surface area contributed by atoms with Crippen LogP contribution in [0.25, 0.3) is 0 Å². The number of nitro benzene ring substituents is 2. The van der Waals surface area contributed by atoms with Crippen molar-refractivity contribution in [2.45, 2.75) is 37.6 Å². The van der Waals surface area contributed by atoms with Crippen molar-refractivity contribution in [3.8, 4) is 0 Å². The number of carbonyl (C=O) groups excluding carboxylic acids is 2. The molecule has 10 heteroatoms. The zero-order chi connectivity index (χ0) is 17.4. The molecule has 0 aliphatic carbocycles. The summed E-state index contributed by atoms with van der Waals surface area (Å²) in [4.78, 5) is 44.2. The van der Waals surface area contributed by atoms with Gasteiger partial charge in [-0.1, -0.05) is 0 Å². The van der Waals surface area contributed by atoms with Crippen molar-refractivity contribution in [3.05, 3.63) is 44.0 Å². The van der Waals surface area contributed by atoms with Gasteiger partial charge in [0.2, 0.25) is 0 Å². The normalized spacial score (nSPS) is 25.3. The second-order valence-corrected chi connectivity index (χ2v) is 5.62. The summed E-state index contributed by atoms with van der Waals surface area (Å²) in [7, 11) is 0. The van der Waals surface area contributed by atoms with Crippen molar-refractivity contribution in [2.75, 3.05) is 0 Å². The highest BCUT2D eigenvalue weighted by Gasteiger charge is 2.44. The fourth-order valence-corrected chi connectivity index (χ4v) is 2.90. The molecule has 2 heterocycles. The van der Waals surface area contributed by atoms with E-state index in [4.69, 9.17) is 9.47 Å². The molecular formula is C14H12N2O8. The van der Waals surface area contributed by atoms with Gasteiger partial charge in [0, 0.05) is 18.6 Å². The lowest BCUT2D eigenvalue weighted by molar-refractivity contribution is -0.394. The summed E-state index contributed by atoms with van der Waals surface area (Å²) in [5, 5.41) is 21.7. The number of rotatable bonds is 4. The predicted molar refractivity (Wildman–Crippen MR) is 76.5 cm³/mol. The monoisotopic (exact) mass is 336 g/mol. The highest BCUT2D eigenvalue weighted by atomic mass is 16.6.